The molecule has 0 bridgehead atoms. The first kappa shape index (κ1) is 19.3. The molecule has 0 unspecified atom stereocenters. The SMILES string of the molecule is O=C(Nc1ccc(Cl)c(S(=O)(=O)C2CC(O)C2)c1O)N[C@@H]1CCC=C1Cl. The van der Waals surface area contributed by atoms with E-state index in [2.05, 4.69) is 10.6 Å². The molecular formula is C16H18Cl2N2O5S. The molecule has 3 rings (SSSR count). The van der Waals surface area contributed by atoms with E-state index >= 15 is 0 Å². The summed E-state index contributed by atoms with van der Waals surface area (Å²) in [6.45, 7) is 0. The van der Waals surface area contributed by atoms with Gasteiger partial charge in [-0.15, -0.1) is 0 Å². The first-order valence-corrected chi connectivity index (χ1v) is 10.4. The smallest absolute Gasteiger partial charge is 0.319 e. The van der Waals surface area contributed by atoms with Gasteiger partial charge in [0.1, 0.15) is 4.90 Å². The van der Waals surface area contributed by atoms with Gasteiger partial charge in [-0.2, -0.15) is 0 Å². The summed E-state index contributed by atoms with van der Waals surface area (Å²) in [5.74, 6) is -0.623. The maximum atomic E-state index is 12.7. The summed E-state index contributed by atoms with van der Waals surface area (Å²) in [6, 6.07) is 1.67. The number of amides is 2. The van der Waals surface area contributed by atoms with Crippen molar-refractivity contribution in [3.8, 4) is 5.75 Å². The molecule has 7 nitrogen and oxygen atoms in total. The van der Waals surface area contributed by atoms with E-state index in [1.807, 2.05) is 6.08 Å². The number of aromatic hydroxyl groups is 1. The summed E-state index contributed by atoms with van der Waals surface area (Å²) in [4.78, 5) is 11.7. The Morgan fingerprint density at radius 3 is 2.50 bits per heavy atom. The molecule has 1 aromatic rings. The lowest BCUT2D eigenvalue weighted by Crippen LogP contribution is -2.39. The van der Waals surface area contributed by atoms with E-state index in [0.717, 1.165) is 6.42 Å². The molecule has 26 heavy (non-hydrogen) atoms. The van der Waals surface area contributed by atoms with Crippen LogP contribution < -0.4 is 10.6 Å². The van der Waals surface area contributed by atoms with Crippen LogP contribution in [0.15, 0.2) is 28.1 Å². The zero-order valence-corrected chi connectivity index (χ0v) is 15.9. The van der Waals surface area contributed by atoms with Crippen LogP contribution in [0.2, 0.25) is 5.02 Å². The van der Waals surface area contributed by atoms with Gasteiger partial charge in [0.25, 0.3) is 0 Å². The molecule has 0 radical (unpaired) electrons. The van der Waals surface area contributed by atoms with E-state index in [1.54, 1.807) is 0 Å². The van der Waals surface area contributed by atoms with Gasteiger partial charge in [-0.05, 0) is 37.8 Å². The van der Waals surface area contributed by atoms with Gasteiger partial charge in [0.15, 0.2) is 15.6 Å². The Balaban J connectivity index is 1.81. The number of hydrogen-bond donors (Lipinski definition) is 4. The van der Waals surface area contributed by atoms with Crippen LogP contribution in [0.5, 0.6) is 5.75 Å². The number of carbonyl (C=O) groups is 1. The van der Waals surface area contributed by atoms with Gasteiger partial charge < -0.3 is 20.8 Å². The Morgan fingerprint density at radius 1 is 1.23 bits per heavy atom. The fraction of sp³-hybridized carbons (Fsp3) is 0.438. The lowest BCUT2D eigenvalue weighted by atomic mass is 9.96. The molecule has 0 aromatic heterocycles. The number of anilines is 1. The van der Waals surface area contributed by atoms with Crippen molar-refractivity contribution >= 4 is 44.8 Å². The van der Waals surface area contributed by atoms with Gasteiger partial charge in [0.05, 0.1) is 28.1 Å². The number of rotatable bonds is 4. The van der Waals surface area contributed by atoms with Gasteiger partial charge in [-0.25, -0.2) is 13.2 Å². The maximum Gasteiger partial charge on any atom is 0.319 e. The van der Waals surface area contributed by atoms with Crippen LogP contribution in [0.3, 0.4) is 0 Å². The molecule has 0 saturated heterocycles. The quantitative estimate of drug-likeness (QED) is 0.558. The summed E-state index contributed by atoms with van der Waals surface area (Å²) >= 11 is 12.0. The third-order valence-corrected chi connectivity index (χ3v) is 7.65. The van der Waals surface area contributed by atoms with Gasteiger partial charge in [-0.3, -0.25) is 0 Å². The molecule has 142 valence electrons. The van der Waals surface area contributed by atoms with Crippen LogP contribution in [0.4, 0.5) is 10.5 Å². The number of urea groups is 1. The third-order valence-electron chi connectivity index (χ3n) is 4.56. The highest BCUT2D eigenvalue weighted by molar-refractivity contribution is 7.92. The molecule has 2 aliphatic rings. The molecule has 1 saturated carbocycles. The first-order valence-electron chi connectivity index (χ1n) is 8.06. The molecule has 2 amide bonds. The summed E-state index contributed by atoms with van der Waals surface area (Å²) in [7, 11) is -3.93. The van der Waals surface area contributed by atoms with E-state index in [1.165, 1.54) is 12.1 Å². The van der Waals surface area contributed by atoms with Crippen LogP contribution in [0.1, 0.15) is 25.7 Å². The zero-order chi connectivity index (χ0) is 19.1. The van der Waals surface area contributed by atoms with Crippen molar-refractivity contribution in [1.29, 1.82) is 0 Å². The normalized spacial score (nSPS) is 25.3. The molecule has 2 aliphatic carbocycles. The molecule has 0 heterocycles. The molecule has 1 atom stereocenters. The fourth-order valence-electron chi connectivity index (χ4n) is 3.00. The average molecular weight is 421 g/mol. The highest BCUT2D eigenvalue weighted by Gasteiger charge is 2.41. The Kier molecular flexibility index (Phi) is 5.39. The molecule has 0 aliphatic heterocycles. The number of phenolic OH excluding ortho intramolecular Hbond substituents is 1. The number of benzene rings is 1. The summed E-state index contributed by atoms with van der Waals surface area (Å²) in [5, 5.41) is 24.4. The number of halogens is 2. The second-order valence-corrected chi connectivity index (χ2v) is 9.39. The number of carbonyl (C=O) groups excluding carboxylic acids is 1. The van der Waals surface area contributed by atoms with Gasteiger partial charge in [-0.1, -0.05) is 29.3 Å². The van der Waals surface area contributed by atoms with Crippen molar-refractivity contribution in [2.75, 3.05) is 5.32 Å². The van der Waals surface area contributed by atoms with Gasteiger partial charge in [0, 0.05) is 5.03 Å². The minimum Gasteiger partial charge on any atom is -0.504 e. The Morgan fingerprint density at radius 2 is 1.92 bits per heavy atom. The van der Waals surface area contributed by atoms with Crippen LogP contribution in [-0.4, -0.2) is 42.1 Å². The van der Waals surface area contributed by atoms with Crippen molar-refractivity contribution in [2.24, 2.45) is 0 Å². The summed E-state index contributed by atoms with van der Waals surface area (Å²) in [5.41, 5.74) is -0.0801. The number of aliphatic hydroxyl groups excluding tert-OH is 1. The molecule has 10 heteroatoms. The lowest BCUT2D eigenvalue weighted by molar-refractivity contribution is 0.0976. The van der Waals surface area contributed by atoms with Crippen molar-refractivity contribution in [3.05, 3.63) is 28.3 Å². The van der Waals surface area contributed by atoms with E-state index < -0.39 is 37.9 Å². The molecule has 4 N–H and O–H groups in total. The number of allylic oxidation sites excluding steroid dienone is 1. The van der Waals surface area contributed by atoms with Crippen molar-refractivity contribution in [3.63, 3.8) is 0 Å². The zero-order valence-electron chi connectivity index (χ0n) is 13.6. The minimum absolute atomic E-state index is 0.0801. The highest BCUT2D eigenvalue weighted by atomic mass is 35.5. The largest absolute Gasteiger partial charge is 0.504 e. The Labute approximate surface area is 160 Å². The Bertz CT molecular complexity index is 866. The molecule has 0 spiro atoms. The lowest BCUT2D eigenvalue weighted by Gasteiger charge is -2.31. The fourth-order valence-corrected chi connectivity index (χ4v) is 5.75. The number of nitrogens with one attached hydrogen (secondary N) is 2. The van der Waals surface area contributed by atoms with E-state index in [9.17, 15) is 23.4 Å². The monoisotopic (exact) mass is 420 g/mol. The molecule has 1 fully saturated rings. The van der Waals surface area contributed by atoms with Gasteiger partial charge >= 0.3 is 6.03 Å². The molecule has 1 aromatic carbocycles. The standard InChI is InChI=1S/C16H18Cl2N2O5S/c17-10-2-1-3-12(10)19-16(23)20-13-5-4-11(18)15(14(13)22)26(24,25)9-6-8(21)7-9/h2,4-5,8-9,12,21-22H,1,3,6-7H2,(H2,19,20,23)/t8?,9?,12-/m1/s1. The third kappa shape index (κ3) is 3.64. The predicted molar refractivity (Wildman–Crippen MR) is 98.4 cm³/mol. The van der Waals surface area contributed by atoms with E-state index in [4.69, 9.17) is 23.2 Å². The number of aliphatic hydroxyl groups is 1. The van der Waals surface area contributed by atoms with Gasteiger partial charge in [0.2, 0.25) is 0 Å². The summed E-state index contributed by atoms with van der Waals surface area (Å²) < 4.78 is 25.3. The van der Waals surface area contributed by atoms with Crippen molar-refractivity contribution in [2.45, 2.75) is 48.0 Å². The number of hydrogen-bond acceptors (Lipinski definition) is 5. The van der Waals surface area contributed by atoms with Crippen LogP contribution in [-0.2, 0) is 9.84 Å². The van der Waals surface area contributed by atoms with E-state index in [0.29, 0.717) is 11.5 Å². The van der Waals surface area contributed by atoms with Crippen molar-refractivity contribution in [1.82, 2.24) is 5.32 Å². The Hall–Kier alpha value is -1.48. The second-order valence-electron chi connectivity index (χ2n) is 6.38. The van der Waals surface area contributed by atoms with E-state index in [-0.39, 0.29) is 29.6 Å². The van der Waals surface area contributed by atoms with Crippen molar-refractivity contribution < 1.29 is 23.4 Å². The minimum atomic E-state index is -3.93. The highest BCUT2D eigenvalue weighted by Crippen LogP contribution is 2.42. The maximum absolute atomic E-state index is 12.7. The second kappa shape index (κ2) is 7.26. The van der Waals surface area contributed by atoms with Crippen LogP contribution in [0.25, 0.3) is 0 Å². The number of phenols is 1. The number of sulfone groups is 1. The van der Waals surface area contributed by atoms with Crippen LogP contribution >= 0.6 is 23.2 Å². The molecular weight excluding hydrogens is 403 g/mol. The first-order chi connectivity index (χ1) is 12.2. The average Bonchev–Trinajstić information content (AvgIpc) is 2.92. The predicted octanol–water partition coefficient (Wildman–Crippen LogP) is 2.75. The van der Waals surface area contributed by atoms with Crippen LogP contribution in [0, 0.1) is 0 Å². The summed E-state index contributed by atoms with van der Waals surface area (Å²) in [6.07, 6.45) is 2.73. The topological polar surface area (TPSA) is 116 Å².